The predicted molar refractivity (Wildman–Crippen MR) is 103 cm³/mol. The van der Waals surface area contributed by atoms with Crippen LogP contribution in [-0.2, 0) is 17.8 Å². The highest BCUT2D eigenvalue weighted by atomic mass is 16.3. The van der Waals surface area contributed by atoms with Crippen molar-refractivity contribution in [3.8, 4) is 0 Å². The zero-order valence-corrected chi connectivity index (χ0v) is 15.9. The molecular weight excluding hydrogens is 342 g/mol. The molecule has 2 N–H and O–H groups in total. The van der Waals surface area contributed by atoms with E-state index in [4.69, 9.17) is 4.42 Å². The molecule has 1 aliphatic rings. The number of aryl methyl sites for hydroxylation is 1. The highest BCUT2D eigenvalue weighted by Gasteiger charge is 2.37. The van der Waals surface area contributed by atoms with Gasteiger partial charge in [-0.25, -0.2) is 0 Å². The van der Waals surface area contributed by atoms with Gasteiger partial charge in [0.1, 0.15) is 0 Å². The lowest BCUT2D eigenvalue weighted by Gasteiger charge is -2.22. The van der Waals surface area contributed by atoms with E-state index in [1.165, 1.54) is 5.56 Å². The molecule has 2 aromatic rings. The van der Waals surface area contributed by atoms with E-state index < -0.39 is 0 Å². The summed E-state index contributed by atoms with van der Waals surface area (Å²) in [6.45, 7) is 5.84. The lowest BCUT2D eigenvalue weighted by atomic mass is 10.1. The Kier molecular flexibility index (Phi) is 6.29. The molecule has 2 atom stereocenters. The Hall–Kier alpha value is -2.60. The van der Waals surface area contributed by atoms with Crippen LogP contribution < -0.4 is 10.6 Å². The topological polar surface area (TPSA) is 74.6 Å². The van der Waals surface area contributed by atoms with Gasteiger partial charge in [0.25, 0.3) is 5.91 Å². The van der Waals surface area contributed by atoms with E-state index in [0.717, 1.165) is 12.0 Å². The molecule has 0 radical (unpaired) electrons. The smallest absolute Gasteiger partial charge is 0.251 e. The lowest BCUT2D eigenvalue weighted by molar-refractivity contribution is -0.125. The standard InChI is InChI=1S/C21H27N3O3/c1-3-15-5-7-17(8-6-15)20(25)23-18-11-19(21(26)22-4-2)24(13-18)12-16-9-10-27-14-16/h5-10,14,18-19H,3-4,11-13H2,1-2H3,(H,22,26)(H,23,25)/t18-,19-/m0/s1. The summed E-state index contributed by atoms with van der Waals surface area (Å²) in [5.74, 6) is -0.0903. The minimum absolute atomic E-state index is 0.00467. The Morgan fingerprint density at radius 3 is 2.56 bits per heavy atom. The summed E-state index contributed by atoms with van der Waals surface area (Å²) in [6, 6.07) is 9.24. The molecule has 1 fully saturated rings. The van der Waals surface area contributed by atoms with Crippen molar-refractivity contribution in [2.45, 2.75) is 45.3 Å². The summed E-state index contributed by atoms with van der Waals surface area (Å²) in [5.41, 5.74) is 2.87. The molecule has 6 heteroatoms. The molecule has 27 heavy (non-hydrogen) atoms. The molecule has 1 saturated heterocycles. The molecule has 0 unspecified atom stereocenters. The average Bonchev–Trinajstić information content (AvgIpc) is 3.32. The first kappa shape index (κ1) is 19.2. The Morgan fingerprint density at radius 2 is 1.93 bits per heavy atom. The van der Waals surface area contributed by atoms with Crippen LogP contribution in [0, 0.1) is 0 Å². The second-order valence-electron chi connectivity index (χ2n) is 6.93. The van der Waals surface area contributed by atoms with Gasteiger partial charge >= 0.3 is 0 Å². The highest BCUT2D eigenvalue weighted by molar-refractivity contribution is 5.94. The number of amides is 2. The molecule has 0 spiro atoms. The van der Waals surface area contributed by atoms with Crippen LogP contribution >= 0.6 is 0 Å². The number of nitrogens with zero attached hydrogens (tertiary/aromatic N) is 1. The third-order valence-electron chi connectivity index (χ3n) is 4.98. The van der Waals surface area contributed by atoms with Gasteiger partial charge in [-0.1, -0.05) is 19.1 Å². The van der Waals surface area contributed by atoms with E-state index in [2.05, 4.69) is 22.5 Å². The second kappa shape index (κ2) is 8.86. The summed E-state index contributed by atoms with van der Waals surface area (Å²) in [4.78, 5) is 27.1. The molecule has 1 aliphatic heterocycles. The average molecular weight is 369 g/mol. The molecule has 2 heterocycles. The first-order chi connectivity index (χ1) is 13.1. The Bertz CT molecular complexity index is 755. The number of benzene rings is 1. The van der Waals surface area contributed by atoms with Gasteiger partial charge in [0, 0.05) is 36.8 Å². The van der Waals surface area contributed by atoms with Gasteiger partial charge in [0.15, 0.2) is 0 Å². The number of likely N-dealkylation sites (N-methyl/N-ethyl adjacent to an activating group) is 1. The van der Waals surface area contributed by atoms with Crippen LogP contribution in [-0.4, -0.2) is 41.9 Å². The van der Waals surface area contributed by atoms with Crippen LogP contribution in [0.25, 0.3) is 0 Å². The van der Waals surface area contributed by atoms with Crippen LogP contribution in [0.4, 0.5) is 0 Å². The first-order valence-corrected chi connectivity index (χ1v) is 9.53. The third-order valence-corrected chi connectivity index (χ3v) is 4.98. The number of furan rings is 1. The van der Waals surface area contributed by atoms with Gasteiger partial charge in [0.2, 0.25) is 5.91 Å². The number of nitrogens with one attached hydrogen (secondary N) is 2. The van der Waals surface area contributed by atoms with Crippen LogP contribution in [0.1, 0.15) is 41.8 Å². The van der Waals surface area contributed by atoms with Gasteiger partial charge in [-0.15, -0.1) is 0 Å². The Labute approximate surface area is 159 Å². The van der Waals surface area contributed by atoms with Crippen molar-refractivity contribution in [3.05, 3.63) is 59.5 Å². The summed E-state index contributed by atoms with van der Waals surface area (Å²) >= 11 is 0. The van der Waals surface area contributed by atoms with Gasteiger partial charge in [-0.05, 0) is 43.5 Å². The molecule has 2 amide bonds. The number of hydrogen-bond acceptors (Lipinski definition) is 4. The van der Waals surface area contributed by atoms with Gasteiger partial charge in [-0.3, -0.25) is 14.5 Å². The van der Waals surface area contributed by atoms with Crippen LogP contribution in [0.15, 0.2) is 47.3 Å². The molecule has 0 bridgehead atoms. The fourth-order valence-corrected chi connectivity index (χ4v) is 3.53. The van der Waals surface area contributed by atoms with E-state index in [1.807, 2.05) is 37.3 Å². The van der Waals surface area contributed by atoms with E-state index in [1.54, 1.807) is 12.5 Å². The Morgan fingerprint density at radius 1 is 1.15 bits per heavy atom. The maximum Gasteiger partial charge on any atom is 0.251 e. The summed E-state index contributed by atoms with van der Waals surface area (Å²) in [5, 5.41) is 5.98. The highest BCUT2D eigenvalue weighted by Crippen LogP contribution is 2.22. The molecule has 0 aliphatic carbocycles. The third kappa shape index (κ3) is 4.77. The number of carbonyl (C=O) groups is 2. The van der Waals surface area contributed by atoms with E-state index in [9.17, 15) is 9.59 Å². The number of rotatable bonds is 7. The summed E-state index contributed by atoms with van der Waals surface area (Å²) in [7, 11) is 0. The number of carbonyl (C=O) groups excluding carboxylic acids is 2. The van der Waals surface area contributed by atoms with Gasteiger partial charge in [-0.2, -0.15) is 0 Å². The van der Waals surface area contributed by atoms with Crippen LogP contribution in [0.2, 0.25) is 0 Å². The zero-order valence-electron chi connectivity index (χ0n) is 15.9. The molecule has 0 saturated carbocycles. The molecular formula is C21H27N3O3. The maximum atomic E-state index is 12.6. The van der Waals surface area contributed by atoms with E-state index >= 15 is 0 Å². The van der Waals surface area contributed by atoms with Crippen molar-refractivity contribution in [3.63, 3.8) is 0 Å². The van der Waals surface area contributed by atoms with Crippen LogP contribution in [0.5, 0.6) is 0 Å². The largest absolute Gasteiger partial charge is 0.472 e. The quantitative estimate of drug-likeness (QED) is 0.786. The predicted octanol–water partition coefficient (Wildman–Crippen LogP) is 2.35. The lowest BCUT2D eigenvalue weighted by Crippen LogP contribution is -2.42. The van der Waals surface area contributed by atoms with E-state index in [0.29, 0.717) is 31.6 Å². The van der Waals surface area contributed by atoms with Gasteiger partial charge in [0.05, 0.1) is 18.6 Å². The number of likely N-dealkylation sites (tertiary alicyclic amines) is 1. The van der Waals surface area contributed by atoms with Crippen LogP contribution in [0.3, 0.4) is 0 Å². The second-order valence-corrected chi connectivity index (χ2v) is 6.93. The van der Waals surface area contributed by atoms with Crippen molar-refractivity contribution in [1.29, 1.82) is 0 Å². The normalized spacial score (nSPS) is 19.8. The Balaban J connectivity index is 1.66. The van der Waals surface area contributed by atoms with Crippen molar-refractivity contribution in [2.75, 3.05) is 13.1 Å². The van der Waals surface area contributed by atoms with Crippen molar-refractivity contribution >= 4 is 11.8 Å². The van der Waals surface area contributed by atoms with Crippen molar-refractivity contribution < 1.29 is 14.0 Å². The molecule has 3 rings (SSSR count). The molecule has 6 nitrogen and oxygen atoms in total. The molecule has 144 valence electrons. The first-order valence-electron chi connectivity index (χ1n) is 9.53. The fourth-order valence-electron chi connectivity index (χ4n) is 3.53. The van der Waals surface area contributed by atoms with Crippen molar-refractivity contribution in [2.24, 2.45) is 0 Å². The maximum absolute atomic E-state index is 12.6. The zero-order chi connectivity index (χ0) is 19.2. The minimum atomic E-state index is -0.257. The van der Waals surface area contributed by atoms with Gasteiger partial charge < -0.3 is 15.1 Å². The summed E-state index contributed by atoms with van der Waals surface area (Å²) in [6.07, 6.45) is 4.87. The fraction of sp³-hybridized carbons (Fsp3) is 0.429. The molecule has 1 aromatic heterocycles. The minimum Gasteiger partial charge on any atom is -0.472 e. The molecule has 1 aromatic carbocycles. The SMILES string of the molecule is CCNC(=O)[C@@H]1C[C@H](NC(=O)c2ccc(CC)cc2)CN1Cc1ccoc1. The van der Waals surface area contributed by atoms with Crippen molar-refractivity contribution in [1.82, 2.24) is 15.5 Å². The number of hydrogen-bond donors (Lipinski definition) is 2. The monoisotopic (exact) mass is 369 g/mol. The van der Waals surface area contributed by atoms with E-state index in [-0.39, 0.29) is 23.9 Å². The summed E-state index contributed by atoms with van der Waals surface area (Å²) < 4.78 is 5.14.